The molecule has 0 fully saturated rings. The van der Waals surface area contributed by atoms with Crippen LogP contribution in [0.15, 0.2) is 35.4 Å². The van der Waals surface area contributed by atoms with Crippen molar-refractivity contribution in [3.05, 3.63) is 41.7 Å². The largest absolute Gasteiger partial charge is 0.366 e. The first-order chi connectivity index (χ1) is 7.27. The van der Waals surface area contributed by atoms with E-state index in [1.54, 1.807) is 13.1 Å². The zero-order chi connectivity index (χ0) is 10.7. The third-order valence-corrected chi connectivity index (χ3v) is 1.94. The van der Waals surface area contributed by atoms with Crippen LogP contribution in [0.2, 0.25) is 0 Å². The van der Waals surface area contributed by atoms with Crippen LogP contribution >= 0.6 is 0 Å². The fourth-order valence-corrected chi connectivity index (χ4v) is 1.18. The van der Waals surface area contributed by atoms with E-state index in [9.17, 15) is 0 Å². The first-order valence-electron chi connectivity index (χ1n) is 4.54. The number of nitrogen functional groups attached to an aromatic ring is 1. The molecule has 0 spiro atoms. The molecule has 15 heavy (non-hydrogen) atoms. The number of nitrogens with two attached hydrogens (primary N) is 1. The summed E-state index contributed by atoms with van der Waals surface area (Å²) < 4.78 is 1.49. The molecule has 0 atom stereocenters. The molecule has 2 N–H and O–H groups in total. The summed E-state index contributed by atoms with van der Waals surface area (Å²) >= 11 is 0. The summed E-state index contributed by atoms with van der Waals surface area (Å²) in [7, 11) is 0. The second kappa shape index (κ2) is 3.91. The summed E-state index contributed by atoms with van der Waals surface area (Å²) in [6.45, 7) is 1.80. The predicted octanol–water partition coefficient (Wildman–Crippen LogP) is 1.05. The van der Waals surface area contributed by atoms with Gasteiger partial charge in [-0.2, -0.15) is 9.78 Å². The molecular weight excluding hydrogens is 190 g/mol. The Labute approximate surface area is 87.3 Å². The standard InChI is InChI=1S/C10H11N5/c1-8-13-14-10(11)15(8)12-7-9-5-3-2-4-6-9/h2-7H,1H3,(H2,11,14)/b12-7+. The highest BCUT2D eigenvalue weighted by molar-refractivity contribution is 5.79. The van der Waals surface area contributed by atoms with Crippen molar-refractivity contribution in [2.24, 2.45) is 5.10 Å². The van der Waals surface area contributed by atoms with E-state index in [0.29, 0.717) is 11.8 Å². The molecule has 1 aromatic heterocycles. The van der Waals surface area contributed by atoms with E-state index in [4.69, 9.17) is 5.73 Å². The lowest BCUT2D eigenvalue weighted by molar-refractivity contribution is 0.842. The highest BCUT2D eigenvalue weighted by atomic mass is 15.5. The number of nitrogens with zero attached hydrogens (tertiary/aromatic N) is 4. The topological polar surface area (TPSA) is 69.1 Å². The van der Waals surface area contributed by atoms with Crippen LogP contribution < -0.4 is 5.73 Å². The maximum Gasteiger partial charge on any atom is 0.243 e. The van der Waals surface area contributed by atoms with Crippen molar-refractivity contribution in [1.29, 1.82) is 0 Å². The smallest absolute Gasteiger partial charge is 0.243 e. The van der Waals surface area contributed by atoms with E-state index in [1.165, 1.54) is 4.68 Å². The molecule has 0 saturated carbocycles. The minimum Gasteiger partial charge on any atom is -0.366 e. The lowest BCUT2D eigenvalue weighted by Gasteiger charge is -1.96. The second-order valence-electron chi connectivity index (χ2n) is 3.07. The van der Waals surface area contributed by atoms with Gasteiger partial charge < -0.3 is 5.73 Å². The Bertz CT molecular complexity index is 452. The fraction of sp³-hybridized carbons (Fsp3) is 0.100. The maximum absolute atomic E-state index is 5.58. The van der Waals surface area contributed by atoms with Crippen LogP contribution in [-0.4, -0.2) is 21.1 Å². The van der Waals surface area contributed by atoms with Gasteiger partial charge in [0.2, 0.25) is 5.95 Å². The normalized spacial score (nSPS) is 11.0. The third-order valence-electron chi connectivity index (χ3n) is 1.94. The van der Waals surface area contributed by atoms with Crippen molar-refractivity contribution in [1.82, 2.24) is 14.9 Å². The molecule has 2 aromatic rings. The van der Waals surface area contributed by atoms with E-state index in [0.717, 1.165) is 5.56 Å². The molecule has 0 aliphatic rings. The molecule has 1 aromatic carbocycles. The average molecular weight is 201 g/mol. The van der Waals surface area contributed by atoms with Crippen molar-refractivity contribution >= 4 is 12.2 Å². The monoisotopic (exact) mass is 201 g/mol. The number of aromatic nitrogens is 3. The molecule has 5 heteroatoms. The maximum atomic E-state index is 5.58. The Kier molecular flexibility index (Phi) is 2.45. The summed E-state index contributed by atoms with van der Waals surface area (Å²) in [5.41, 5.74) is 6.59. The van der Waals surface area contributed by atoms with Crippen LogP contribution in [-0.2, 0) is 0 Å². The number of rotatable bonds is 2. The van der Waals surface area contributed by atoms with Crippen molar-refractivity contribution in [3.8, 4) is 0 Å². The molecule has 76 valence electrons. The van der Waals surface area contributed by atoms with Crippen molar-refractivity contribution < 1.29 is 0 Å². The van der Waals surface area contributed by atoms with Crippen LogP contribution in [0.5, 0.6) is 0 Å². The summed E-state index contributed by atoms with van der Waals surface area (Å²) in [5.74, 6) is 0.958. The minimum absolute atomic E-state index is 0.291. The van der Waals surface area contributed by atoms with Gasteiger partial charge in [-0.3, -0.25) is 0 Å². The molecular formula is C10H11N5. The molecule has 0 bridgehead atoms. The lowest BCUT2D eigenvalue weighted by atomic mass is 10.2. The summed E-state index contributed by atoms with van der Waals surface area (Å²) in [6.07, 6.45) is 1.72. The van der Waals surface area contributed by atoms with E-state index < -0.39 is 0 Å². The van der Waals surface area contributed by atoms with E-state index in [1.807, 2.05) is 30.3 Å². The van der Waals surface area contributed by atoms with Gasteiger partial charge in [0, 0.05) is 0 Å². The van der Waals surface area contributed by atoms with Gasteiger partial charge in [0.25, 0.3) is 0 Å². The van der Waals surface area contributed by atoms with Crippen LogP contribution in [0, 0.1) is 6.92 Å². The highest BCUT2D eigenvalue weighted by Gasteiger charge is 2.01. The summed E-state index contributed by atoms with van der Waals surface area (Å²) in [6, 6.07) is 9.77. The Morgan fingerprint density at radius 1 is 1.27 bits per heavy atom. The quantitative estimate of drug-likeness (QED) is 0.738. The molecule has 0 aliphatic carbocycles. The predicted molar refractivity (Wildman–Crippen MR) is 58.6 cm³/mol. The van der Waals surface area contributed by atoms with Crippen LogP contribution in [0.4, 0.5) is 5.95 Å². The molecule has 1 heterocycles. The van der Waals surface area contributed by atoms with Gasteiger partial charge in [0.05, 0.1) is 6.21 Å². The number of benzene rings is 1. The molecule has 5 nitrogen and oxygen atoms in total. The lowest BCUT2D eigenvalue weighted by Crippen LogP contribution is -1.99. The minimum atomic E-state index is 0.291. The Balaban J connectivity index is 2.26. The average Bonchev–Trinajstić information content (AvgIpc) is 2.58. The number of anilines is 1. The first-order valence-corrected chi connectivity index (χ1v) is 4.54. The van der Waals surface area contributed by atoms with Crippen LogP contribution in [0.3, 0.4) is 0 Å². The number of hydrogen-bond acceptors (Lipinski definition) is 4. The van der Waals surface area contributed by atoms with Crippen molar-refractivity contribution in [2.45, 2.75) is 6.92 Å². The molecule has 0 amide bonds. The zero-order valence-electron chi connectivity index (χ0n) is 8.33. The van der Waals surface area contributed by atoms with Crippen molar-refractivity contribution in [3.63, 3.8) is 0 Å². The zero-order valence-corrected chi connectivity index (χ0v) is 8.33. The molecule has 0 saturated heterocycles. The summed E-state index contributed by atoms with van der Waals surface area (Å²) in [4.78, 5) is 0. The van der Waals surface area contributed by atoms with Crippen LogP contribution in [0.1, 0.15) is 11.4 Å². The van der Waals surface area contributed by atoms with E-state index >= 15 is 0 Å². The highest BCUT2D eigenvalue weighted by Crippen LogP contribution is 2.02. The third kappa shape index (κ3) is 2.01. The Morgan fingerprint density at radius 2 is 2.00 bits per heavy atom. The molecule has 0 unspecified atom stereocenters. The van der Waals surface area contributed by atoms with Gasteiger partial charge in [0.15, 0.2) is 5.82 Å². The van der Waals surface area contributed by atoms with Gasteiger partial charge in [-0.1, -0.05) is 30.3 Å². The molecule has 0 radical (unpaired) electrons. The first kappa shape index (κ1) is 9.39. The van der Waals surface area contributed by atoms with E-state index in [-0.39, 0.29) is 0 Å². The second-order valence-corrected chi connectivity index (χ2v) is 3.07. The van der Waals surface area contributed by atoms with Gasteiger partial charge >= 0.3 is 0 Å². The molecule has 0 aliphatic heterocycles. The van der Waals surface area contributed by atoms with Gasteiger partial charge in [0.1, 0.15) is 0 Å². The van der Waals surface area contributed by atoms with Gasteiger partial charge in [-0.25, -0.2) is 0 Å². The van der Waals surface area contributed by atoms with Gasteiger partial charge in [-0.15, -0.1) is 10.2 Å². The van der Waals surface area contributed by atoms with Crippen molar-refractivity contribution in [2.75, 3.05) is 5.73 Å². The molecule has 2 rings (SSSR count). The number of hydrogen-bond donors (Lipinski definition) is 1. The van der Waals surface area contributed by atoms with Crippen LogP contribution in [0.25, 0.3) is 0 Å². The Morgan fingerprint density at radius 3 is 2.60 bits per heavy atom. The SMILES string of the molecule is Cc1nnc(N)n1/N=C/c1ccccc1. The summed E-state index contributed by atoms with van der Waals surface area (Å²) in [5, 5.41) is 11.7. The Hall–Kier alpha value is -2.17. The van der Waals surface area contributed by atoms with Gasteiger partial charge in [-0.05, 0) is 12.5 Å². The van der Waals surface area contributed by atoms with E-state index in [2.05, 4.69) is 15.3 Å². The fourth-order valence-electron chi connectivity index (χ4n) is 1.18. The number of aryl methyl sites for hydroxylation is 1.